The van der Waals surface area contributed by atoms with Crippen LogP contribution in [0.15, 0.2) is 46.0 Å². The molecule has 0 spiro atoms. The van der Waals surface area contributed by atoms with E-state index in [0.717, 1.165) is 0 Å². The average Bonchev–Trinajstić information content (AvgIpc) is 2.20. The maximum Gasteiger partial charge on any atom is 0.183 e. The van der Waals surface area contributed by atoms with Crippen LogP contribution in [0.4, 0.5) is 10.1 Å². The molecule has 1 aromatic rings. The van der Waals surface area contributed by atoms with E-state index in [0.29, 0.717) is 0 Å². The maximum atomic E-state index is 13.1. The zero-order chi connectivity index (χ0) is 12.1. The fraction of sp³-hybridized carbons (Fsp3) is 0.182. The first kappa shape index (κ1) is 12.0. The van der Waals surface area contributed by atoms with Crippen molar-refractivity contribution in [1.29, 1.82) is 0 Å². The van der Waals surface area contributed by atoms with Gasteiger partial charge in [-0.1, -0.05) is 12.1 Å². The number of azo groups is 1. The SMILES string of the molecule is CC(=O)/C(N=Nc1ccccc1F)=C(\C)O. The van der Waals surface area contributed by atoms with Gasteiger partial charge in [0.1, 0.15) is 11.4 Å². The maximum absolute atomic E-state index is 13.1. The molecule has 0 aliphatic heterocycles. The lowest BCUT2D eigenvalue weighted by Gasteiger charge is -1.97. The van der Waals surface area contributed by atoms with Crippen molar-refractivity contribution in [2.75, 3.05) is 0 Å². The molecule has 0 saturated heterocycles. The summed E-state index contributed by atoms with van der Waals surface area (Å²) >= 11 is 0. The number of allylic oxidation sites excluding steroid dienone is 2. The molecule has 0 aliphatic rings. The molecule has 84 valence electrons. The van der Waals surface area contributed by atoms with Crippen molar-refractivity contribution >= 4 is 11.5 Å². The largest absolute Gasteiger partial charge is 0.510 e. The van der Waals surface area contributed by atoms with Crippen LogP contribution in [0.3, 0.4) is 0 Å². The highest BCUT2D eigenvalue weighted by Gasteiger charge is 2.07. The molecule has 0 amide bonds. The highest BCUT2D eigenvalue weighted by atomic mass is 19.1. The van der Waals surface area contributed by atoms with Crippen LogP contribution in [-0.4, -0.2) is 10.9 Å². The number of hydrogen-bond donors (Lipinski definition) is 1. The summed E-state index contributed by atoms with van der Waals surface area (Å²) in [5.41, 5.74) is -0.161. The Hall–Kier alpha value is -2.04. The summed E-state index contributed by atoms with van der Waals surface area (Å²) in [5.74, 6) is -1.21. The van der Waals surface area contributed by atoms with Crippen LogP contribution in [-0.2, 0) is 4.79 Å². The fourth-order valence-electron chi connectivity index (χ4n) is 1.03. The molecule has 0 unspecified atom stereocenters. The Morgan fingerprint density at radius 3 is 2.44 bits per heavy atom. The van der Waals surface area contributed by atoms with Crippen LogP contribution in [0, 0.1) is 5.82 Å². The first-order valence-corrected chi connectivity index (χ1v) is 4.59. The van der Waals surface area contributed by atoms with E-state index in [1.165, 1.54) is 32.0 Å². The molecular formula is C11H11FN2O2. The first-order valence-electron chi connectivity index (χ1n) is 4.59. The number of rotatable bonds is 3. The Morgan fingerprint density at radius 1 is 1.31 bits per heavy atom. The number of aliphatic hydroxyl groups excluding tert-OH is 1. The second kappa shape index (κ2) is 5.16. The zero-order valence-corrected chi connectivity index (χ0v) is 8.94. The number of ketones is 1. The lowest BCUT2D eigenvalue weighted by Crippen LogP contribution is -1.96. The van der Waals surface area contributed by atoms with Crippen LogP contribution >= 0.6 is 0 Å². The van der Waals surface area contributed by atoms with E-state index >= 15 is 0 Å². The number of carbonyl (C=O) groups excluding carboxylic acids is 1. The summed E-state index contributed by atoms with van der Waals surface area (Å²) in [4.78, 5) is 11.0. The minimum Gasteiger partial charge on any atom is -0.510 e. The summed E-state index contributed by atoms with van der Waals surface area (Å²) in [5, 5.41) is 16.2. The number of carbonyl (C=O) groups is 1. The van der Waals surface area contributed by atoms with E-state index < -0.39 is 11.6 Å². The van der Waals surface area contributed by atoms with E-state index in [1.54, 1.807) is 6.07 Å². The molecule has 0 bridgehead atoms. The molecule has 5 heteroatoms. The van der Waals surface area contributed by atoms with Gasteiger partial charge in [-0.25, -0.2) is 4.39 Å². The predicted molar refractivity (Wildman–Crippen MR) is 56.9 cm³/mol. The smallest absolute Gasteiger partial charge is 0.183 e. The van der Waals surface area contributed by atoms with Crippen LogP contribution < -0.4 is 0 Å². The highest BCUT2D eigenvalue weighted by molar-refractivity contribution is 5.93. The molecular weight excluding hydrogens is 211 g/mol. The third-order valence-electron chi connectivity index (χ3n) is 1.79. The summed E-state index contributed by atoms with van der Waals surface area (Å²) in [6.07, 6.45) is 0. The molecule has 0 saturated carbocycles. The van der Waals surface area contributed by atoms with Gasteiger partial charge in [-0.2, -0.15) is 0 Å². The van der Waals surface area contributed by atoms with Gasteiger partial charge in [-0.15, -0.1) is 10.2 Å². The molecule has 0 fully saturated rings. The summed E-state index contributed by atoms with van der Waals surface area (Å²) in [6, 6.07) is 5.77. The third kappa shape index (κ3) is 2.98. The van der Waals surface area contributed by atoms with Gasteiger partial charge < -0.3 is 5.11 Å². The molecule has 0 radical (unpaired) electrons. The second-order valence-electron chi connectivity index (χ2n) is 3.14. The molecule has 1 N–H and O–H groups in total. The number of nitrogens with zero attached hydrogens (tertiary/aromatic N) is 2. The number of halogens is 1. The number of Topliss-reactive ketones (excluding diaryl/α,β-unsaturated/α-hetero) is 1. The van der Waals surface area contributed by atoms with Crippen LogP contribution in [0.25, 0.3) is 0 Å². The van der Waals surface area contributed by atoms with Gasteiger partial charge in [0.05, 0.1) is 0 Å². The van der Waals surface area contributed by atoms with Crippen molar-refractivity contribution in [2.45, 2.75) is 13.8 Å². The highest BCUT2D eigenvalue weighted by Crippen LogP contribution is 2.18. The number of benzene rings is 1. The monoisotopic (exact) mass is 222 g/mol. The van der Waals surface area contributed by atoms with Gasteiger partial charge in [-0.05, 0) is 19.1 Å². The molecule has 16 heavy (non-hydrogen) atoms. The van der Waals surface area contributed by atoms with Crippen molar-refractivity contribution in [3.8, 4) is 0 Å². The number of aliphatic hydroxyl groups is 1. The minimum atomic E-state index is -0.537. The fourth-order valence-corrected chi connectivity index (χ4v) is 1.03. The van der Waals surface area contributed by atoms with Crippen molar-refractivity contribution in [3.63, 3.8) is 0 Å². The summed E-state index contributed by atoms with van der Waals surface area (Å²) in [6.45, 7) is 2.56. The molecule has 0 aromatic heterocycles. The standard InChI is InChI=1S/C11H11FN2O2/c1-7(15)11(8(2)16)14-13-10-6-4-3-5-9(10)12/h3-6,15H,1-2H3/b11-7-,14-13?. The van der Waals surface area contributed by atoms with Crippen molar-refractivity contribution in [2.24, 2.45) is 10.2 Å². The lowest BCUT2D eigenvalue weighted by atomic mass is 10.3. The minimum absolute atomic E-state index is 0.0162. The topological polar surface area (TPSA) is 62.0 Å². The Balaban J connectivity index is 3.02. The zero-order valence-electron chi connectivity index (χ0n) is 8.94. The van der Waals surface area contributed by atoms with Gasteiger partial charge in [0.15, 0.2) is 17.3 Å². The van der Waals surface area contributed by atoms with Crippen molar-refractivity contribution in [1.82, 2.24) is 0 Å². The molecule has 1 rings (SSSR count). The Kier molecular flexibility index (Phi) is 3.88. The Labute approximate surface area is 92.1 Å². The summed E-state index contributed by atoms with van der Waals surface area (Å²) in [7, 11) is 0. The van der Waals surface area contributed by atoms with Gasteiger partial charge in [0, 0.05) is 6.92 Å². The van der Waals surface area contributed by atoms with Crippen molar-refractivity contribution < 1.29 is 14.3 Å². The summed E-state index contributed by atoms with van der Waals surface area (Å²) < 4.78 is 13.1. The normalized spacial score (nSPS) is 12.7. The predicted octanol–water partition coefficient (Wildman–Crippen LogP) is 3.29. The second-order valence-corrected chi connectivity index (χ2v) is 3.14. The first-order chi connectivity index (χ1) is 7.52. The van der Waals surface area contributed by atoms with Gasteiger partial charge in [-0.3, -0.25) is 4.79 Å². The van der Waals surface area contributed by atoms with Crippen LogP contribution in [0.1, 0.15) is 13.8 Å². The van der Waals surface area contributed by atoms with Crippen LogP contribution in [0.5, 0.6) is 0 Å². The number of hydrogen-bond acceptors (Lipinski definition) is 4. The van der Waals surface area contributed by atoms with E-state index in [4.69, 9.17) is 5.11 Å². The molecule has 0 aliphatic carbocycles. The average molecular weight is 222 g/mol. The van der Waals surface area contributed by atoms with Crippen LogP contribution in [0.2, 0.25) is 0 Å². The molecule has 4 nitrogen and oxygen atoms in total. The van der Waals surface area contributed by atoms with Gasteiger partial charge in [0.2, 0.25) is 0 Å². The van der Waals surface area contributed by atoms with E-state index in [1.807, 2.05) is 0 Å². The van der Waals surface area contributed by atoms with E-state index in [-0.39, 0.29) is 17.1 Å². The Bertz CT molecular complexity index is 463. The molecule has 1 aromatic carbocycles. The van der Waals surface area contributed by atoms with E-state index in [9.17, 15) is 9.18 Å². The quantitative estimate of drug-likeness (QED) is 0.484. The molecule has 0 atom stereocenters. The van der Waals surface area contributed by atoms with E-state index in [2.05, 4.69) is 10.2 Å². The molecule has 0 heterocycles. The third-order valence-corrected chi connectivity index (χ3v) is 1.79. The Morgan fingerprint density at radius 2 is 1.94 bits per heavy atom. The lowest BCUT2D eigenvalue weighted by molar-refractivity contribution is -0.113. The van der Waals surface area contributed by atoms with Gasteiger partial charge in [0.25, 0.3) is 0 Å². The van der Waals surface area contributed by atoms with Gasteiger partial charge >= 0.3 is 0 Å². The van der Waals surface area contributed by atoms with Crippen molar-refractivity contribution in [3.05, 3.63) is 41.5 Å².